The van der Waals surface area contributed by atoms with Crippen LogP contribution in [-0.4, -0.2) is 66.6 Å². The maximum Gasteiger partial charge on any atom is 0.178 e. The topological polar surface area (TPSA) is 47.0 Å². The Balaban J connectivity index is 1.31. The Morgan fingerprint density at radius 2 is 1.73 bits per heavy atom. The van der Waals surface area contributed by atoms with Gasteiger partial charge in [0, 0.05) is 75.7 Å². The van der Waals surface area contributed by atoms with Crippen LogP contribution in [0.15, 0.2) is 66.1 Å². The summed E-state index contributed by atoms with van der Waals surface area (Å²) in [5, 5.41) is 3.70. The van der Waals surface area contributed by atoms with Gasteiger partial charge in [-0.2, -0.15) is 0 Å². The number of allylic oxidation sites excluding steroid dienone is 1. The van der Waals surface area contributed by atoms with Crippen LogP contribution in [0, 0.1) is 0 Å². The second-order valence-electron chi connectivity index (χ2n) is 8.37. The summed E-state index contributed by atoms with van der Waals surface area (Å²) >= 11 is 0. The lowest BCUT2D eigenvalue weighted by Crippen LogP contribution is -2.54. The average Bonchev–Trinajstić information content (AvgIpc) is 3.35. The van der Waals surface area contributed by atoms with Crippen LogP contribution in [0.2, 0.25) is 0 Å². The Labute approximate surface area is 178 Å². The minimum Gasteiger partial charge on any atom is -0.372 e. The summed E-state index contributed by atoms with van der Waals surface area (Å²) in [6.45, 7) is 5.27. The molecule has 1 N–H and O–H groups in total. The van der Waals surface area contributed by atoms with E-state index in [2.05, 4.69) is 68.6 Å². The first-order valence-corrected chi connectivity index (χ1v) is 11.0. The number of aliphatic imine (C=N–C) groups is 1. The lowest BCUT2D eigenvalue weighted by Gasteiger charge is -2.41. The van der Waals surface area contributed by atoms with Crippen LogP contribution in [0.4, 0.5) is 5.69 Å². The third kappa shape index (κ3) is 3.98. The number of rotatable bonds is 4. The number of anilines is 1. The van der Waals surface area contributed by atoms with Crippen molar-refractivity contribution >= 4 is 11.4 Å². The fraction of sp³-hybridized carbons (Fsp3) is 0.417. The molecule has 3 aliphatic heterocycles. The highest BCUT2D eigenvalue weighted by Crippen LogP contribution is 2.26. The third-order valence-corrected chi connectivity index (χ3v) is 6.36. The molecule has 0 saturated carbocycles. The van der Waals surface area contributed by atoms with E-state index in [9.17, 15) is 0 Å². The van der Waals surface area contributed by atoms with E-state index < -0.39 is 0 Å². The molecule has 2 saturated heterocycles. The van der Waals surface area contributed by atoms with E-state index in [1.807, 2.05) is 24.5 Å². The quantitative estimate of drug-likeness (QED) is 0.852. The number of benzene rings is 1. The van der Waals surface area contributed by atoms with Gasteiger partial charge in [0.2, 0.25) is 0 Å². The van der Waals surface area contributed by atoms with Gasteiger partial charge < -0.3 is 15.1 Å². The van der Waals surface area contributed by atoms with Crippen molar-refractivity contribution in [1.29, 1.82) is 0 Å². The van der Waals surface area contributed by atoms with Crippen molar-refractivity contribution in [2.75, 3.05) is 44.7 Å². The molecule has 1 aromatic carbocycles. The largest absolute Gasteiger partial charge is 0.372 e. The van der Waals surface area contributed by atoms with E-state index in [0.717, 1.165) is 30.9 Å². The molecule has 5 rings (SSSR count). The second-order valence-corrected chi connectivity index (χ2v) is 8.37. The van der Waals surface area contributed by atoms with Gasteiger partial charge in [-0.1, -0.05) is 12.1 Å². The van der Waals surface area contributed by atoms with Gasteiger partial charge in [0.25, 0.3) is 0 Å². The van der Waals surface area contributed by atoms with Crippen LogP contribution in [0.25, 0.3) is 0 Å². The molecule has 6 nitrogen and oxygen atoms in total. The Morgan fingerprint density at radius 1 is 0.967 bits per heavy atom. The Bertz CT molecular complexity index is 901. The van der Waals surface area contributed by atoms with Crippen LogP contribution in [0.3, 0.4) is 0 Å². The molecule has 0 bridgehead atoms. The van der Waals surface area contributed by atoms with E-state index in [1.165, 1.54) is 37.2 Å². The van der Waals surface area contributed by atoms with E-state index in [-0.39, 0.29) is 6.29 Å². The van der Waals surface area contributed by atoms with Gasteiger partial charge in [-0.25, -0.2) is 4.99 Å². The predicted octanol–water partition coefficient (Wildman–Crippen LogP) is 2.86. The standard InChI is InChI=1S/C24H30N6/c1-28-16-10-22(20-8-11-25-12-9-20)27-24(28)30-17-13-26-23(18-30)19-4-6-21(7-5-19)29-14-2-3-15-29/h4-12,16,23-24,26H,2-3,13-15,17-18H2,1H3. The van der Waals surface area contributed by atoms with Gasteiger partial charge in [0.1, 0.15) is 0 Å². The zero-order valence-corrected chi connectivity index (χ0v) is 17.6. The van der Waals surface area contributed by atoms with Crippen LogP contribution >= 0.6 is 0 Å². The number of piperazine rings is 1. The number of nitrogens with one attached hydrogen (secondary N) is 1. The summed E-state index contributed by atoms with van der Waals surface area (Å²) in [5.74, 6) is 0. The van der Waals surface area contributed by atoms with Crippen LogP contribution in [0.1, 0.15) is 30.0 Å². The fourth-order valence-electron chi connectivity index (χ4n) is 4.65. The first-order chi connectivity index (χ1) is 14.8. The highest BCUT2D eigenvalue weighted by Gasteiger charge is 2.29. The summed E-state index contributed by atoms with van der Waals surface area (Å²) < 4.78 is 0. The van der Waals surface area contributed by atoms with Gasteiger partial charge in [-0.05, 0) is 48.7 Å². The molecule has 0 spiro atoms. The first kappa shape index (κ1) is 19.3. The van der Waals surface area contributed by atoms with Crippen LogP contribution in [-0.2, 0) is 0 Å². The minimum absolute atomic E-state index is 0.0200. The van der Waals surface area contributed by atoms with Crippen molar-refractivity contribution in [3.8, 4) is 0 Å². The SMILES string of the molecule is CN1C=CC(c2ccncc2)=NC1N1CCNC(c2ccc(N3CCCC3)cc2)C1. The van der Waals surface area contributed by atoms with Crippen molar-refractivity contribution in [2.45, 2.75) is 25.2 Å². The van der Waals surface area contributed by atoms with Gasteiger partial charge in [0.15, 0.2) is 6.29 Å². The number of pyridine rings is 1. The molecule has 2 fully saturated rings. The Hall–Kier alpha value is -2.70. The van der Waals surface area contributed by atoms with E-state index >= 15 is 0 Å². The lowest BCUT2D eigenvalue weighted by atomic mass is 10.0. The molecule has 30 heavy (non-hydrogen) atoms. The molecule has 2 unspecified atom stereocenters. The molecule has 2 aromatic rings. The summed E-state index contributed by atoms with van der Waals surface area (Å²) in [5.41, 5.74) is 4.84. The zero-order valence-electron chi connectivity index (χ0n) is 17.6. The zero-order chi connectivity index (χ0) is 20.3. The van der Waals surface area contributed by atoms with Gasteiger partial charge in [-0.15, -0.1) is 0 Å². The van der Waals surface area contributed by atoms with Gasteiger partial charge in [-0.3, -0.25) is 9.88 Å². The highest BCUT2D eigenvalue weighted by molar-refractivity contribution is 6.08. The molecule has 4 heterocycles. The van der Waals surface area contributed by atoms with Gasteiger partial charge in [0.05, 0.1) is 5.71 Å². The monoisotopic (exact) mass is 402 g/mol. The Morgan fingerprint density at radius 3 is 2.50 bits per heavy atom. The maximum atomic E-state index is 5.07. The summed E-state index contributed by atoms with van der Waals surface area (Å²) in [4.78, 5) is 16.4. The van der Waals surface area contributed by atoms with Crippen molar-refractivity contribution < 1.29 is 0 Å². The summed E-state index contributed by atoms with van der Waals surface area (Å²) in [6.07, 6.45) is 10.5. The smallest absolute Gasteiger partial charge is 0.178 e. The molecule has 6 heteroatoms. The van der Waals surface area contributed by atoms with Crippen LogP contribution in [0.5, 0.6) is 0 Å². The number of nitrogens with zero attached hydrogens (tertiary/aromatic N) is 5. The summed E-state index contributed by atoms with van der Waals surface area (Å²) in [7, 11) is 2.11. The van der Waals surface area contributed by atoms with E-state index in [1.54, 1.807) is 0 Å². The second kappa shape index (κ2) is 8.58. The molecular weight excluding hydrogens is 372 g/mol. The van der Waals surface area contributed by atoms with Crippen LogP contribution < -0.4 is 10.2 Å². The maximum absolute atomic E-state index is 5.07. The van der Waals surface area contributed by atoms with E-state index in [4.69, 9.17) is 4.99 Å². The average molecular weight is 403 g/mol. The van der Waals surface area contributed by atoms with Crippen molar-refractivity contribution in [3.05, 3.63) is 72.2 Å². The number of hydrogen-bond acceptors (Lipinski definition) is 6. The molecule has 1 aromatic heterocycles. The molecule has 0 radical (unpaired) electrons. The lowest BCUT2D eigenvalue weighted by molar-refractivity contribution is 0.0684. The highest BCUT2D eigenvalue weighted by atomic mass is 15.4. The predicted molar refractivity (Wildman–Crippen MR) is 122 cm³/mol. The molecule has 156 valence electrons. The molecule has 3 aliphatic rings. The van der Waals surface area contributed by atoms with Crippen molar-refractivity contribution in [2.24, 2.45) is 4.99 Å². The fourth-order valence-corrected chi connectivity index (χ4v) is 4.65. The number of aromatic nitrogens is 1. The Kier molecular flexibility index (Phi) is 5.51. The van der Waals surface area contributed by atoms with Crippen molar-refractivity contribution in [3.63, 3.8) is 0 Å². The molecular formula is C24H30N6. The molecule has 0 amide bonds. The van der Waals surface area contributed by atoms with Gasteiger partial charge >= 0.3 is 0 Å². The van der Waals surface area contributed by atoms with E-state index in [0.29, 0.717) is 6.04 Å². The molecule has 2 atom stereocenters. The third-order valence-electron chi connectivity index (χ3n) is 6.36. The minimum atomic E-state index is 0.0200. The summed E-state index contributed by atoms with van der Waals surface area (Å²) in [6, 6.07) is 13.5. The molecule has 0 aliphatic carbocycles. The first-order valence-electron chi connectivity index (χ1n) is 11.0. The number of hydrogen-bond donors (Lipinski definition) is 1. The van der Waals surface area contributed by atoms with Crippen molar-refractivity contribution in [1.82, 2.24) is 20.1 Å². The normalized spacial score (nSPS) is 24.9.